The van der Waals surface area contributed by atoms with Crippen molar-refractivity contribution in [1.29, 1.82) is 0 Å². The zero-order chi connectivity index (χ0) is 9.80. The first kappa shape index (κ1) is 13.1. The molecule has 15 heavy (non-hydrogen) atoms. The molecule has 0 bridgehead atoms. The number of hydrogen-bond acceptors (Lipinski definition) is 3. The van der Waals surface area contributed by atoms with Crippen molar-refractivity contribution in [3.63, 3.8) is 0 Å². The SMILES string of the molecule is Cl.O=C(NC1CCSCC1)[C@H]1CCNC1. The van der Waals surface area contributed by atoms with Crippen LogP contribution in [0, 0.1) is 5.92 Å². The second-order valence-corrected chi connectivity index (χ2v) is 5.31. The Morgan fingerprint density at radius 2 is 2.00 bits per heavy atom. The maximum absolute atomic E-state index is 11.8. The van der Waals surface area contributed by atoms with Crippen LogP contribution in [0.4, 0.5) is 0 Å². The number of carbonyl (C=O) groups is 1. The third kappa shape index (κ3) is 3.85. The van der Waals surface area contributed by atoms with E-state index in [2.05, 4.69) is 10.6 Å². The number of hydrogen-bond donors (Lipinski definition) is 2. The molecule has 0 radical (unpaired) electrons. The molecule has 0 spiro atoms. The zero-order valence-electron chi connectivity index (χ0n) is 8.83. The van der Waals surface area contributed by atoms with E-state index >= 15 is 0 Å². The van der Waals surface area contributed by atoms with Crippen molar-refractivity contribution >= 4 is 30.1 Å². The standard InChI is InChI=1S/C10H18N2OS.ClH/c13-10(8-1-4-11-7-8)12-9-2-5-14-6-3-9;/h8-9,11H,1-7H2,(H,12,13);1H/t8-;/m0./s1. The molecule has 2 saturated heterocycles. The van der Waals surface area contributed by atoms with Crippen LogP contribution in [-0.4, -0.2) is 36.5 Å². The van der Waals surface area contributed by atoms with E-state index in [-0.39, 0.29) is 24.2 Å². The minimum atomic E-state index is 0. The van der Waals surface area contributed by atoms with Crippen molar-refractivity contribution in [3.05, 3.63) is 0 Å². The molecule has 0 aromatic rings. The van der Waals surface area contributed by atoms with Gasteiger partial charge in [0, 0.05) is 12.6 Å². The third-order valence-electron chi connectivity index (χ3n) is 3.00. The fourth-order valence-corrected chi connectivity index (χ4v) is 3.15. The molecule has 2 heterocycles. The second kappa shape index (κ2) is 6.61. The van der Waals surface area contributed by atoms with Gasteiger partial charge in [0.1, 0.15) is 0 Å². The van der Waals surface area contributed by atoms with Crippen LogP contribution in [0.3, 0.4) is 0 Å². The third-order valence-corrected chi connectivity index (χ3v) is 4.05. The zero-order valence-corrected chi connectivity index (χ0v) is 10.5. The molecule has 2 aliphatic rings. The summed E-state index contributed by atoms with van der Waals surface area (Å²) in [6.07, 6.45) is 3.31. The molecular formula is C10H19ClN2OS. The summed E-state index contributed by atoms with van der Waals surface area (Å²) in [6, 6.07) is 0.448. The van der Waals surface area contributed by atoms with Crippen molar-refractivity contribution in [2.75, 3.05) is 24.6 Å². The van der Waals surface area contributed by atoms with Crippen LogP contribution < -0.4 is 10.6 Å². The molecule has 0 saturated carbocycles. The van der Waals surface area contributed by atoms with Crippen LogP contribution in [0.25, 0.3) is 0 Å². The summed E-state index contributed by atoms with van der Waals surface area (Å²) in [5.74, 6) is 2.90. The summed E-state index contributed by atoms with van der Waals surface area (Å²) in [7, 11) is 0. The monoisotopic (exact) mass is 250 g/mol. The Balaban J connectivity index is 0.00000112. The summed E-state index contributed by atoms with van der Waals surface area (Å²) in [4.78, 5) is 11.8. The lowest BCUT2D eigenvalue weighted by Crippen LogP contribution is -2.41. The Kier molecular flexibility index (Phi) is 5.79. The van der Waals surface area contributed by atoms with Crippen LogP contribution in [-0.2, 0) is 4.79 Å². The molecular weight excluding hydrogens is 232 g/mol. The van der Waals surface area contributed by atoms with Gasteiger partial charge in [0.05, 0.1) is 5.92 Å². The van der Waals surface area contributed by atoms with Gasteiger partial charge in [-0.2, -0.15) is 11.8 Å². The summed E-state index contributed by atoms with van der Waals surface area (Å²) < 4.78 is 0. The molecule has 0 unspecified atom stereocenters. The van der Waals surface area contributed by atoms with Gasteiger partial charge in [0.15, 0.2) is 0 Å². The van der Waals surface area contributed by atoms with E-state index in [1.807, 2.05) is 11.8 Å². The lowest BCUT2D eigenvalue weighted by atomic mass is 10.1. The lowest BCUT2D eigenvalue weighted by molar-refractivity contribution is -0.125. The molecule has 2 fully saturated rings. The minimum Gasteiger partial charge on any atom is -0.353 e. The van der Waals surface area contributed by atoms with Crippen molar-refractivity contribution < 1.29 is 4.79 Å². The van der Waals surface area contributed by atoms with Gasteiger partial charge in [-0.05, 0) is 37.3 Å². The average molecular weight is 251 g/mol. The Hall–Kier alpha value is 0.0700. The van der Waals surface area contributed by atoms with Gasteiger partial charge in [0.25, 0.3) is 0 Å². The van der Waals surface area contributed by atoms with Crippen molar-refractivity contribution in [3.8, 4) is 0 Å². The molecule has 2 rings (SSSR count). The topological polar surface area (TPSA) is 41.1 Å². The first-order valence-electron chi connectivity index (χ1n) is 5.45. The minimum absolute atomic E-state index is 0. The summed E-state index contributed by atoms with van der Waals surface area (Å²) in [5, 5.41) is 6.39. The molecule has 2 aliphatic heterocycles. The molecule has 0 aliphatic carbocycles. The first-order chi connectivity index (χ1) is 6.86. The van der Waals surface area contributed by atoms with E-state index in [1.54, 1.807) is 0 Å². The second-order valence-electron chi connectivity index (χ2n) is 4.08. The molecule has 2 N–H and O–H groups in total. The van der Waals surface area contributed by atoms with E-state index in [0.717, 1.165) is 32.4 Å². The predicted octanol–water partition coefficient (Wildman–Crippen LogP) is 1.03. The molecule has 1 amide bonds. The molecule has 5 heteroatoms. The first-order valence-corrected chi connectivity index (χ1v) is 6.60. The van der Waals surface area contributed by atoms with Gasteiger partial charge < -0.3 is 10.6 Å². The molecule has 1 atom stereocenters. The number of nitrogens with one attached hydrogen (secondary N) is 2. The van der Waals surface area contributed by atoms with Crippen molar-refractivity contribution in [2.45, 2.75) is 25.3 Å². The Morgan fingerprint density at radius 1 is 1.27 bits per heavy atom. The largest absolute Gasteiger partial charge is 0.353 e. The number of rotatable bonds is 2. The van der Waals surface area contributed by atoms with Gasteiger partial charge in [-0.25, -0.2) is 0 Å². The average Bonchev–Trinajstić information content (AvgIpc) is 2.72. The van der Waals surface area contributed by atoms with Crippen molar-refractivity contribution in [2.24, 2.45) is 5.92 Å². The van der Waals surface area contributed by atoms with Gasteiger partial charge in [0.2, 0.25) is 5.91 Å². The quantitative estimate of drug-likeness (QED) is 0.769. The summed E-state index contributed by atoms with van der Waals surface area (Å²) in [6.45, 7) is 1.87. The highest BCUT2D eigenvalue weighted by Gasteiger charge is 2.24. The summed E-state index contributed by atoms with van der Waals surface area (Å²) >= 11 is 1.99. The molecule has 0 aromatic heterocycles. The van der Waals surface area contributed by atoms with Crippen LogP contribution >= 0.6 is 24.2 Å². The lowest BCUT2D eigenvalue weighted by Gasteiger charge is -2.23. The highest BCUT2D eigenvalue weighted by atomic mass is 35.5. The Morgan fingerprint density at radius 3 is 2.60 bits per heavy atom. The predicted molar refractivity (Wildman–Crippen MR) is 66.7 cm³/mol. The molecule has 0 aromatic carbocycles. The Labute approximate surface area is 102 Å². The van der Waals surface area contributed by atoms with Gasteiger partial charge in [-0.15, -0.1) is 12.4 Å². The maximum atomic E-state index is 11.8. The number of amides is 1. The van der Waals surface area contributed by atoms with Crippen molar-refractivity contribution in [1.82, 2.24) is 10.6 Å². The van der Waals surface area contributed by atoms with Gasteiger partial charge in [-0.3, -0.25) is 4.79 Å². The van der Waals surface area contributed by atoms with E-state index in [9.17, 15) is 4.79 Å². The number of thioether (sulfide) groups is 1. The van der Waals surface area contributed by atoms with Crippen LogP contribution in [0.15, 0.2) is 0 Å². The van der Waals surface area contributed by atoms with E-state index in [4.69, 9.17) is 0 Å². The smallest absolute Gasteiger partial charge is 0.224 e. The highest BCUT2D eigenvalue weighted by molar-refractivity contribution is 7.99. The Bertz CT molecular complexity index is 204. The normalized spacial score (nSPS) is 27.1. The van der Waals surface area contributed by atoms with E-state index in [1.165, 1.54) is 11.5 Å². The number of halogens is 1. The highest BCUT2D eigenvalue weighted by Crippen LogP contribution is 2.18. The molecule has 3 nitrogen and oxygen atoms in total. The van der Waals surface area contributed by atoms with Crippen LogP contribution in [0.5, 0.6) is 0 Å². The van der Waals surface area contributed by atoms with Gasteiger partial charge >= 0.3 is 0 Å². The van der Waals surface area contributed by atoms with Gasteiger partial charge in [-0.1, -0.05) is 0 Å². The fourth-order valence-electron chi connectivity index (χ4n) is 2.04. The van der Waals surface area contributed by atoms with Crippen LogP contribution in [0.2, 0.25) is 0 Å². The molecule has 88 valence electrons. The van der Waals surface area contributed by atoms with E-state index in [0.29, 0.717) is 6.04 Å². The maximum Gasteiger partial charge on any atom is 0.224 e. The summed E-state index contributed by atoms with van der Waals surface area (Å²) in [5.41, 5.74) is 0. The van der Waals surface area contributed by atoms with E-state index < -0.39 is 0 Å². The van der Waals surface area contributed by atoms with Crippen LogP contribution in [0.1, 0.15) is 19.3 Å². The fraction of sp³-hybridized carbons (Fsp3) is 0.900. The number of carbonyl (C=O) groups excluding carboxylic acids is 1.